The van der Waals surface area contributed by atoms with E-state index in [4.69, 9.17) is 4.74 Å². The zero-order valence-electron chi connectivity index (χ0n) is 15.0. The van der Waals surface area contributed by atoms with Crippen molar-refractivity contribution in [2.75, 3.05) is 20.2 Å². The molecular formula is C19H26F3NO2. The zero-order valence-corrected chi connectivity index (χ0v) is 15.0. The highest BCUT2D eigenvalue weighted by Crippen LogP contribution is 2.33. The van der Waals surface area contributed by atoms with Gasteiger partial charge in [0.05, 0.1) is 5.56 Å². The van der Waals surface area contributed by atoms with Gasteiger partial charge in [0.25, 0.3) is 5.91 Å². The monoisotopic (exact) mass is 357 g/mol. The predicted molar refractivity (Wildman–Crippen MR) is 90.2 cm³/mol. The molecule has 0 saturated carbocycles. The SMILES string of the molecule is COC(C)(C)C(=O)N1CCC[C@H](CCc2ccccc2C(F)(F)F)C1. The lowest BCUT2D eigenvalue weighted by atomic mass is 9.89. The van der Waals surface area contributed by atoms with Gasteiger partial charge in [-0.3, -0.25) is 4.79 Å². The summed E-state index contributed by atoms with van der Waals surface area (Å²) in [5.74, 6) is 0.155. The Labute approximate surface area is 147 Å². The minimum atomic E-state index is -4.33. The highest BCUT2D eigenvalue weighted by Gasteiger charge is 2.35. The van der Waals surface area contributed by atoms with Crippen LogP contribution >= 0.6 is 0 Å². The summed E-state index contributed by atoms with van der Waals surface area (Å²) >= 11 is 0. The van der Waals surface area contributed by atoms with Crippen LogP contribution in [0.4, 0.5) is 13.2 Å². The number of rotatable bonds is 5. The number of hydrogen-bond acceptors (Lipinski definition) is 2. The quantitative estimate of drug-likeness (QED) is 0.786. The minimum absolute atomic E-state index is 0.0598. The summed E-state index contributed by atoms with van der Waals surface area (Å²) in [5.41, 5.74) is -1.10. The molecule has 1 aromatic carbocycles. The second-order valence-corrected chi connectivity index (χ2v) is 7.17. The van der Waals surface area contributed by atoms with Gasteiger partial charge < -0.3 is 9.64 Å². The number of carbonyl (C=O) groups is 1. The maximum absolute atomic E-state index is 13.1. The van der Waals surface area contributed by atoms with Crippen LogP contribution in [0.25, 0.3) is 0 Å². The molecule has 1 fully saturated rings. The molecule has 1 atom stereocenters. The van der Waals surface area contributed by atoms with E-state index in [-0.39, 0.29) is 11.8 Å². The molecule has 0 aliphatic carbocycles. The third-order valence-electron chi connectivity index (χ3n) is 4.98. The molecule has 3 nitrogen and oxygen atoms in total. The van der Waals surface area contributed by atoms with Crippen LogP contribution < -0.4 is 0 Å². The van der Waals surface area contributed by atoms with Crippen molar-refractivity contribution in [1.82, 2.24) is 4.90 Å². The number of alkyl halides is 3. The van der Waals surface area contributed by atoms with Crippen molar-refractivity contribution in [3.8, 4) is 0 Å². The van der Waals surface area contributed by atoms with E-state index < -0.39 is 17.3 Å². The number of methoxy groups -OCH3 is 1. The molecule has 25 heavy (non-hydrogen) atoms. The highest BCUT2D eigenvalue weighted by molar-refractivity contribution is 5.84. The predicted octanol–water partition coefficient (Wildman–Crippen LogP) is 4.30. The molecule has 1 heterocycles. The Balaban J connectivity index is 1.99. The van der Waals surface area contributed by atoms with E-state index in [9.17, 15) is 18.0 Å². The lowest BCUT2D eigenvalue weighted by Crippen LogP contribution is -2.50. The van der Waals surface area contributed by atoms with Crippen molar-refractivity contribution in [2.24, 2.45) is 5.92 Å². The first-order valence-electron chi connectivity index (χ1n) is 8.65. The summed E-state index contributed by atoms with van der Waals surface area (Å²) in [5, 5.41) is 0. The van der Waals surface area contributed by atoms with Gasteiger partial charge in [-0.05, 0) is 57.1 Å². The molecule has 6 heteroatoms. The Morgan fingerprint density at radius 3 is 2.60 bits per heavy atom. The Kier molecular flexibility index (Phi) is 6.14. The molecule has 1 amide bonds. The fourth-order valence-corrected chi connectivity index (χ4v) is 3.33. The van der Waals surface area contributed by atoms with Crippen molar-refractivity contribution in [3.05, 3.63) is 35.4 Å². The molecule has 2 rings (SSSR count). The normalized spacial score (nSPS) is 19.1. The van der Waals surface area contributed by atoms with E-state index in [1.807, 2.05) is 0 Å². The van der Waals surface area contributed by atoms with E-state index >= 15 is 0 Å². The van der Waals surface area contributed by atoms with Crippen LogP contribution in [-0.4, -0.2) is 36.6 Å². The lowest BCUT2D eigenvalue weighted by molar-refractivity contribution is -0.152. The van der Waals surface area contributed by atoms with Gasteiger partial charge in [-0.1, -0.05) is 18.2 Å². The molecule has 0 aromatic heterocycles. The van der Waals surface area contributed by atoms with Crippen LogP contribution in [0, 0.1) is 5.92 Å². The molecule has 1 aromatic rings. The number of benzene rings is 1. The maximum atomic E-state index is 13.1. The summed E-state index contributed by atoms with van der Waals surface area (Å²) in [6, 6.07) is 5.73. The van der Waals surface area contributed by atoms with Crippen LogP contribution in [0.15, 0.2) is 24.3 Å². The van der Waals surface area contributed by atoms with Crippen molar-refractivity contribution < 1.29 is 22.7 Å². The second-order valence-electron chi connectivity index (χ2n) is 7.17. The first-order chi connectivity index (χ1) is 11.6. The van der Waals surface area contributed by atoms with Crippen molar-refractivity contribution >= 4 is 5.91 Å². The van der Waals surface area contributed by atoms with Crippen molar-refractivity contribution in [2.45, 2.75) is 51.3 Å². The van der Waals surface area contributed by atoms with Gasteiger partial charge in [-0.2, -0.15) is 13.2 Å². The van der Waals surface area contributed by atoms with Crippen LogP contribution in [0.3, 0.4) is 0 Å². The number of nitrogens with zero attached hydrogens (tertiary/aromatic N) is 1. The van der Waals surface area contributed by atoms with Gasteiger partial charge in [0, 0.05) is 20.2 Å². The van der Waals surface area contributed by atoms with E-state index in [0.717, 1.165) is 18.9 Å². The van der Waals surface area contributed by atoms with Crippen LogP contribution in [0.1, 0.15) is 44.2 Å². The molecule has 1 aliphatic rings. The van der Waals surface area contributed by atoms with Gasteiger partial charge in [-0.15, -0.1) is 0 Å². The van der Waals surface area contributed by atoms with Gasteiger partial charge in [-0.25, -0.2) is 0 Å². The minimum Gasteiger partial charge on any atom is -0.369 e. The second kappa shape index (κ2) is 7.77. The van der Waals surface area contributed by atoms with E-state index in [2.05, 4.69) is 0 Å². The van der Waals surface area contributed by atoms with Crippen LogP contribution in [0.2, 0.25) is 0 Å². The third kappa shape index (κ3) is 4.97. The average Bonchev–Trinajstić information content (AvgIpc) is 2.59. The van der Waals surface area contributed by atoms with Gasteiger partial charge in [0.1, 0.15) is 5.60 Å². The standard InChI is InChI=1S/C19H26F3NO2/c1-18(2,25-3)17(24)23-12-6-7-14(13-23)10-11-15-8-4-5-9-16(15)19(20,21)22/h4-5,8-9,14H,6-7,10-13H2,1-3H3/t14-/m1/s1. The largest absolute Gasteiger partial charge is 0.416 e. The first-order valence-corrected chi connectivity index (χ1v) is 8.65. The average molecular weight is 357 g/mol. The molecule has 1 saturated heterocycles. The number of piperidine rings is 1. The number of amides is 1. The molecule has 140 valence electrons. The lowest BCUT2D eigenvalue weighted by Gasteiger charge is -2.37. The Morgan fingerprint density at radius 1 is 1.28 bits per heavy atom. The molecular weight excluding hydrogens is 331 g/mol. The molecule has 0 spiro atoms. The Bertz CT molecular complexity index is 599. The fourth-order valence-electron chi connectivity index (χ4n) is 3.33. The molecule has 0 unspecified atom stereocenters. The van der Waals surface area contributed by atoms with Crippen molar-refractivity contribution in [3.63, 3.8) is 0 Å². The number of hydrogen-bond donors (Lipinski definition) is 0. The number of carbonyl (C=O) groups excluding carboxylic acids is 1. The summed E-state index contributed by atoms with van der Waals surface area (Å²) in [4.78, 5) is 14.3. The smallest absolute Gasteiger partial charge is 0.369 e. The van der Waals surface area contributed by atoms with E-state index in [1.165, 1.54) is 13.2 Å². The number of halogens is 3. The number of ether oxygens (including phenoxy) is 1. The summed E-state index contributed by atoms with van der Waals surface area (Å²) in [7, 11) is 1.51. The summed E-state index contributed by atoms with van der Waals surface area (Å²) < 4.78 is 44.5. The Morgan fingerprint density at radius 2 is 1.96 bits per heavy atom. The topological polar surface area (TPSA) is 29.5 Å². The zero-order chi connectivity index (χ0) is 18.7. The van der Waals surface area contributed by atoms with E-state index in [0.29, 0.717) is 31.5 Å². The first kappa shape index (κ1) is 19.8. The maximum Gasteiger partial charge on any atom is 0.416 e. The summed E-state index contributed by atoms with van der Waals surface area (Å²) in [6.45, 7) is 4.73. The van der Waals surface area contributed by atoms with Gasteiger partial charge in [0.15, 0.2) is 0 Å². The molecule has 1 aliphatic heterocycles. The van der Waals surface area contributed by atoms with Crippen molar-refractivity contribution in [1.29, 1.82) is 0 Å². The van der Waals surface area contributed by atoms with Gasteiger partial charge >= 0.3 is 6.18 Å². The van der Waals surface area contributed by atoms with Crippen LogP contribution in [-0.2, 0) is 22.1 Å². The summed E-state index contributed by atoms with van der Waals surface area (Å²) in [6.07, 6.45) is -1.50. The third-order valence-corrected chi connectivity index (χ3v) is 4.98. The molecule has 0 N–H and O–H groups in total. The Hall–Kier alpha value is -1.56. The number of aryl methyl sites for hydroxylation is 1. The van der Waals surface area contributed by atoms with Gasteiger partial charge in [0.2, 0.25) is 0 Å². The number of likely N-dealkylation sites (tertiary alicyclic amines) is 1. The van der Waals surface area contributed by atoms with Crippen LogP contribution in [0.5, 0.6) is 0 Å². The molecule has 0 bridgehead atoms. The molecule has 0 radical (unpaired) electrons. The highest BCUT2D eigenvalue weighted by atomic mass is 19.4. The van der Waals surface area contributed by atoms with E-state index in [1.54, 1.807) is 30.9 Å². The fraction of sp³-hybridized carbons (Fsp3) is 0.632.